The quantitative estimate of drug-likeness (QED) is 0.533. The molecule has 0 bridgehead atoms. The summed E-state index contributed by atoms with van der Waals surface area (Å²) in [5.74, 6) is 0. The van der Waals surface area contributed by atoms with E-state index in [1.807, 2.05) is 60.0 Å². The zero-order chi connectivity index (χ0) is 11.9. The summed E-state index contributed by atoms with van der Waals surface area (Å²) >= 11 is 7.95. The van der Waals surface area contributed by atoms with Gasteiger partial charge in [0.05, 0.1) is 5.38 Å². The molecule has 0 fully saturated rings. The molecule has 17 heavy (non-hydrogen) atoms. The molecule has 1 atom stereocenters. The Labute approximate surface area is 111 Å². The highest BCUT2D eigenvalue weighted by molar-refractivity contribution is 8.02. The second kappa shape index (κ2) is 6.53. The van der Waals surface area contributed by atoms with Gasteiger partial charge in [0.15, 0.2) is 0 Å². The van der Waals surface area contributed by atoms with Gasteiger partial charge >= 0.3 is 0 Å². The third-order valence-electron chi connectivity index (χ3n) is 2.31. The third kappa shape index (κ3) is 3.95. The summed E-state index contributed by atoms with van der Waals surface area (Å²) in [5.41, 5.74) is 1.12. The fraction of sp³-hybridized carbons (Fsp3) is 0.0667. The highest BCUT2D eigenvalue weighted by Crippen LogP contribution is 2.25. The normalized spacial score (nSPS) is 12.8. The molecule has 0 N–H and O–H groups in total. The van der Waals surface area contributed by atoms with E-state index in [1.165, 1.54) is 4.90 Å². The van der Waals surface area contributed by atoms with Crippen LogP contribution in [0.2, 0.25) is 0 Å². The monoisotopic (exact) mass is 260 g/mol. The smallest absolute Gasteiger partial charge is 0.0774 e. The summed E-state index contributed by atoms with van der Waals surface area (Å²) < 4.78 is 0. The third-order valence-corrected chi connectivity index (χ3v) is 3.55. The van der Waals surface area contributed by atoms with Gasteiger partial charge in [-0.15, -0.1) is 11.6 Å². The second-order valence-corrected chi connectivity index (χ2v) is 5.02. The average Bonchev–Trinajstić information content (AvgIpc) is 2.41. The van der Waals surface area contributed by atoms with Crippen molar-refractivity contribution < 1.29 is 0 Å². The molecule has 0 nitrogen and oxygen atoms in total. The number of hydrogen-bond donors (Lipinski definition) is 0. The van der Waals surface area contributed by atoms with Gasteiger partial charge in [-0.05, 0) is 23.1 Å². The van der Waals surface area contributed by atoms with Gasteiger partial charge in [0.25, 0.3) is 0 Å². The van der Waals surface area contributed by atoms with Crippen LogP contribution < -0.4 is 0 Å². The number of halogens is 1. The molecule has 0 amide bonds. The highest BCUT2D eigenvalue weighted by atomic mass is 35.5. The molecule has 2 aromatic rings. The fourth-order valence-electron chi connectivity index (χ4n) is 1.43. The van der Waals surface area contributed by atoms with E-state index in [9.17, 15) is 0 Å². The number of rotatable bonds is 4. The molecule has 0 aliphatic heterocycles. The summed E-state index contributed by atoms with van der Waals surface area (Å²) in [5, 5.41) is 1.98. The molecule has 0 spiro atoms. The predicted molar refractivity (Wildman–Crippen MR) is 76.5 cm³/mol. The van der Waals surface area contributed by atoms with Crippen LogP contribution in [-0.2, 0) is 0 Å². The maximum absolute atomic E-state index is 6.27. The van der Waals surface area contributed by atoms with E-state index in [2.05, 4.69) is 12.1 Å². The van der Waals surface area contributed by atoms with E-state index in [0.717, 1.165) is 5.56 Å². The van der Waals surface area contributed by atoms with Crippen LogP contribution in [0.5, 0.6) is 0 Å². The lowest BCUT2D eigenvalue weighted by Gasteiger charge is -2.03. The number of allylic oxidation sites excluding steroid dienone is 1. The molecule has 0 aliphatic rings. The Balaban J connectivity index is 1.93. The number of hydrogen-bond acceptors (Lipinski definition) is 1. The molecule has 2 aromatic carbocycles. The minimum Gasteiger partial charge on any atom is -0.113 e. The van der Waals surface area contributed by atoms with E-state index in [1.54, 1.807) is 11.8 Å². The molecule has 0 aliphatic carbocycles. The molecule has 0 radical (unpaired) electrons. The number of benzene rings is 2. The first-order valence-electron chi connectivity index (χ1n) is 5.43. The maximum Gasteiger partial charge on any atom is 0.0774 e. The lowest BCUT2D eigenvalue weighted by Crippen LogP contribution is -1.83. The molecule has 1 unspecified atom stereocenters. The van der Waals surface area contributed by atoms with Crippen molar-refractivity contribution in [3.05, 3.63) is 77.7 Å². The van der Waals surface area contributed by atoms with Crippen LogP contribution in [0.1, 0.15) is 10.9 Å². The van der Waals surface area contributed by atoms with Crippen LogP contribution in [0.4, 0.5) is 0 Å². The largest absolute Gasteiger partial charge is 0.113 e. The van der Waals surface area contributed by atoms with Gasteiger partial charge in [-0.1, -0.05) is 66.4 Å². The molecule has 2 rings (SSSR count). The van der Waals surface area contributed by atoms with Crippen molar-refractivity contribution in [3.63, 3.8) is 0 Å². The SMILES string of the molecule is ClC(/C=C/Sc1ccccc1)c1ccccc1. The van der Waals surface area contributed by atoms with Crippen molar-refractivity contribution in [1.29, 1.82) is 0 Å². The van der Waals surface area contributed by atoms with Gasteiger partial charge in [0, 0.05) is 4.90 Å². The molecule has 2 heteroatoms. The number of alkyl halides is 1. The van der Waals surface area contributed by atoms with Crippen LogP contribution >= 0.6 is 23.4 Å². The molecular weight excluding hydrogens is 248 g/mol. The lowest BCUT2D eigenvalue weighted by molar-refractivity contribution is 1.22. The first kappa shape index (κ1) is 12.3. The van der Waals surface area contributed by atoms with Crippen LogP contribution in [0.3, 0.4) is 0 Å². The van der Waals surface area contributed by atoms with Gasteiger partial charge in [0.1, 0.15) is 0 Å². The van der Waals surface area contributed by atoms with Gasteiger partial charge in [-0.2, -0.15) is 0 Å². The molecule has 0 saturated carbocycles. The summed E-state index contributed by atoms with van der Waals surface area (Å²) in [4.78, 5) is 1.22. The lowest BCUT2D eigenvalue weighted by atomic mass is 10.1. The Bertz CT molecular complexity index is 465. The minimum absolute atomic E-state index is 0.0626. The van der Waals surface area contributed by atoms with Crippen molar-refractivity contribution in [2.75, 3.05) is 0 Å². The number of thioether (sulfide) groups is 1. The summed E-state index contributed by atoms with van der Waals surface area (Å²) in [6.45, 7) is 0. The van der Waals surface area contributed by atoms with Crippen LogP contribution in [0, 0.1) is 0 Å². The van der Waals surface area contributed by atoms with Gasteiger partial charge in [-0.25, -0.2) is 0 Å². The van der Waals surface area contributed by atoms with Crippen molar-refractivity contribution in [2.24, 2.45) is 0 Å². The van der Waals surface area contributed by atoms with Gasteiger partial charge in [-0.3, -0.25) is 0 Å². The van der Waals surface area contributed by atoms with Crippen LogP contribution in [0.25, 0.3) is 0 Å². The first-order valence-corrected chi connectivity index (χ1v) is 6.75. The fourth-order valence-corrected chi connectivity index (χ4v) is 2.45. The predicted octanol–water partition coefficient (Wildman–Crippen LogP) is 5.27. The van der Waals surface area contributed by atoms with E-state index < -0.39 is 0 Å². The van der Waals surface area contributed by atoms with Crippen molar-refractivity contribution >= 4 is 23.4 Å². The van der Waals surface area contributed by atoms with E-state index >= 15 is 0 Å². The van der Waals surface area contributed by atoms with E-state index in [-0.39, 0.29) is 5.38 Å². The highest BCUT2D eigenvalue weighted by Gasteiger charge is 2.01. The topological polar surface area (TPSA) is 0 Å². The maximum atomic E-state index is 6.27. The van der Waals surface area contributed by atoms with Crippen LogP contribution in [-0.4, -0.2) is 0 Å². The Morgan fingerprint density at radius 1 is 0.882 bits per heavy atom. The molecule has 0 heterocycles. The molecular formula is C15H13ClS. The van der Waals surface area contributed by atoms with Crippen molar-refractivity contribution in [2.45, 2.75) is 10.3 Å². The van der Waals surface area contributed by atoms with E-state index in [0.29, 0.717) is 0 Å². The summed E-state index contributed by atoms with van der Waals surface area (Å²) in [6, 6.07) is 20.3. The Hall–Kier alpha value is -1.18. The molecule has 0 saturated heterocycles. The second-order valence-electron chi connectivity index (χ2n) is 3.57. The zero-order valence-corrected chi connectivity index (χ0v) is 10.9. The minimum atomic E-state index is -0.0626. The van der Waals surface area contributed by atoms with Gasteiger partial charge in [0.2, 0.25) is 0 Å². The Morgan fingerprint density at radius 2 is 1.47 bits per heavy atom. The Morgan fingerprint density at radius 3 is 2.12 bits per heavy atom. The summed E-state index contributed by atoms with van der Waals surface area (Å²) in [7, 11) is 0. The molecule has 0 aromatic heterocycles. The average molecular weight is 261 g/mol. The first-order chi connectivity index (χ1) is 8.36. The van der Waals surface area contributed by atoms with Gasteiger partial charge < -0.3 is 0 Å². The van der Waals surface area contributed by atoms with Crippen molar-refractivity contribution in [3.8, 4) is 0 Å². The molecule has 86 valence electrons. The zero-order valence-electron chi connectivity index (χ0n) is 9.29. The Kier molecular flexibility index (Phi) is 4.72. The standard InChI is InChI=1S/C15H13ClS/c16-15(13-7-3-1-4-8-13)11-12-17-14-9-5-2-6-10-14/h1-12,15H/b12-11+. The summed E-state index contributed by atoms with van der Waals surface area (Å²) in [6.07, 6.45) is 2.01. The van der Waals surface area contributed by atoms with Crippen molar-refractivity contribution in [1.82, 2.24) is 0 Å². The van der Waals surface area contributed by atoms with Crippen LogP contribution in [0.15, 0.2) is 77.0 Å². The van der Waals surface area contributed by atoms with E-state index in [4.69, 9.17) is 11.6 Å².